The third-order valence-electron chi connectivity index (χ3n) is 3.57. The average molecular weight is 278 g/mol. The molecule has 0 unspecified atom stereocenters. The van der Waals surface area contributed by atoms with E-state index < -0.39 is 0 Å². The van der Waals surface area contributed by atoms with Crippen LogP contribution in [0.2, 0.25) is 0 Å². The van der Waals surface area contributed by atoms with Crippen LogP contribution in [0.4, 0.5) is 5.69 Å². The molecule has 1 amide bonds. The first-order chi connectivity index (χ1) is 9.13. The summed E-state index contributed by atoms with van der Waals surface area (Å²) in [5, 5.41) is 0. The maximum absolute atomic E-state index is 12.4. The molecular formula is C15H22N2OS. The van der Waals surface area contributed by atoms with Crippen molar-refractivity contribution in [1.29, 1.82) is 0 Å². The van der Waals surface area contributed by atoms with Crippen molar-refractivity contribution in [3.8, 4) is 0 Å². The van der Waals surface area contributed by atoms with Crippen molar-refractivity contribution in [2.24, 2.45) is 5.73 Å². The Bertz CT molecular complexity index is 461. The Morgan fingerprint density at radius 2 is 2.32 bits per heavy atom. The molecule has 1 aliphatic heterocycles. The highest BCUT2D eigenvalue weighted by molar-refractivity contribution is 7.98. The van der Waals surface area contributed by atoms with Crippen molar-refractivity contribution in [3.63, 3.8) is 0 Å². The molecule has 0 aromatic heterocycles. The molecule has 1 atom stereocenters. The molecule has 0 saturated heterocycles. The minimum atomic E-state index is -0.375. The zero-order chi connectivity index (χ0) is 13.8. The van der Waals surface area contributed by atoms with Crippen molar-refractivity contribution in [2.75, 3.05) is 23.5 Å². The van der Waals surface area contributed by atoms with E-state index in [1.165, 1.54) is 11.1 Å². The minimum Gasteiger partial charge on any atom is -0.320 e. The van der Waals surface area contributed by atoms with Crippen LogP contribution < -0.4 is 10.6 Å². The zero-order valence-electron chi connectivity index (χ0n) is 11.7. The number of hydrogen-bond acceptors (Lipinski definition) is 3. The normalized spacial score (nSPS) is 16.1. The molecule has 1 heterocycles. The maximum atomic E-state index is 12.4. The molecule has 0 radical (unpaired) electrons. The summed E-state index contributed by atoms with van der Waals surface area (Å²) < 4.78 is 0. The smallest absolute Gasteiger partial charge is 0.243 e. The van der Waals surface area contributed by atoms with Crippen LogP contribution in [-0.2, 0) is 11.2 Å². The number of carbonyl (C=O) groups excluding carboxylic acids is 1. The Morgan fingerprint density at radius 1 is 1.53 bits per heavy atom. The number of fused-ring (bicyclic) bond motifs is 1. The highest BCUT2D eigenvalue weighted by Crippen LogP contribution is 2.28. The van der Waals surface area contributed by atoms with Crippen molar-refractivity contribution in [1.82, 2.24) is 0 Å². The van der Waals surface area contributed by atoms with Gasteiger partial charge >= 0.3 is 0 Å². The maximum Gasteiger partial charge on any atom is 0.243 e. The summed E-state index contributed by atoms with van der Waals surface area (Å²) in [4.78, 5) is 14.3. The fourth-order valence-electron chi connectivity index (χ4n) is 2.52. The largest absolute Gasteiger partial charge is 0.320 e. The lowest BCUT2D eigenvalue weighted by atomic mass is 9.98. The quantitative estimate of drug-likeness (QED) is 0.919. The van der Waals surface area contributed by atoms with Crippen molar-refractivity contribution in [2.45, 2.75) is 32.2 Å². The summed E-state index contributed by atoms with van der Waals surface area (Å²) >= 11 is 1.73. The number of hydrogen-bond donors (Lipinski definition) is 1. The van der Waals surface area contributed by atoms with E-state index in [2.05, 4.69) is 25.1 Å². The number of benzene rings is 1. The molecule has 0 saturated carbocycles. The van der Waals surface area contributed by atoms with Gasteiger partial charge in [0.15, 0.2) is 0 Å². The Labute approximate surface area is 119 Å². The summed E-state index contributed by atoms with van der Waals surface area (Å²) in [6.45, 7) is 2.88. The molecule has 104 valence electrons. The van der Waals surface area contributed by atoms with Gasteiger partial charge in [0, 0.05) is 12.2 Å². The fraction of sp³-hybridized carbons (Fsp3) is 0.533. The molecule has 0 spiro atoms. The molecule has 2 rings (SSSR count). The number of thioether (sulfide) groups is 1. The van der Waals surface area contributed by atoms with Gasteiger partial charge in [-0.3, -0.25) is 4.79 Å². The van der Waals surface area contributed by atoms with Crippen LogP contribution in [-0.4, -0.2) is 30.5 Å². The molecule has 0 fully saturated rings. The second kappa shape index (κ2) is 6.44. The van der Waals surface area contributed by atoms with Crippen molar-refractivity contribution in [3.05, 3.63) is 29.3 Å². The first-order valence-electron chi connectivity index (χ1n) is 6.79. The van der Waals surface area contributed by atoms with Crippen LogP contribution in [0.5, 0.6) is 0 Å². The molecule has 4 heteroatoms. The lowest BCUT2D eigenvalue weighted by molar-refractivity contribution is -0.119. The number of amides is 1. The number of carbonyl (C=O) groups is 1. The average Bonchev–Trinajstić information content (AvgIpc) is 2.42. The molecule has 1 aromatic rings. The van der Waals surface area contributed by atoms with Gasteiger partial charge < -0.3 is 10.6 Å². The van der Waals surface area contributed by atoms with Crippen LogP contribution >= 0.6 is 11.8 Å². The number of nitrogens with zero attached hydrogens (tertiary/aromatic N) is 1. The van der Waals surface area contributed by atoms with Gasteiger partial charge in [-0.2, -0.15) is 11.8 Å². The van der Waals surface area contributed by atoms with Crippen LogP contribution in [0.1, 0.15) is 24.0 Å². The predicted octanol–water partition coefficient (Wildman–Crippen LogP) is 2.35. The first kappa shape index (κ1) is 14.4. The van der Waals surface area contributed by atoms with Crippen LogP contribution in [0.3, 0.4) is 0 Å². The summed E-state index contributed by atoms with van der Waals surface area (Å²) in [5.41, 5.74) is 9.60. The van der Waals surface area contributed by atoms with E-state index in [1.807, 2.05) is 11.2 Å². The van der Waals surface area contributed by atoms with E-state index in [1.54, 1.807) is 11.8 Å². The van der Waals surface area contributed by atoms with E-state index in [9.17, 15) is 4.79 Å². The summed E-state index contributed by atoms with van der Waals surface area (Å²) in [6, 6.07) is 5.93. The topological polar surface area (TPSA) is 46.3 Å². The van der Waals surface area contributed by atoms with Crippen LogP contribution in [0.15, 0.2) is 18.2 Å². The minimum absolute atomic E-state index is 0.0684. The first-order valence-corrected chi connectivity index (χ1v) is 8.18. The summed E-state index contributed by atoms with van der Waals surface area (Å²) in [5.74, 6) is 1.00. The lowest BCUT2D eigenvalue weighted by Crippen LogP contribution is -2.46. The van der Waals surface area contributed by atoms with Gasteiger partial charge in [-0.25, -0.2) is 0 Å². The molecule has 1 aromatic carbocycles. The molecule has 1 aliphatic rings. The van der Waals surface area contributed by atoms with E-state index >= 15 is 0 Å². The van der Waals surface area contributed by atoms with Gasteiger partial charge in [0.05, 0.1) is 6.04 Å². The summed E-state index contributed by atoms with van der Waals surface area (Å²) in [6.07, 6.45) is 4.87. The number of nitrogens with two attached hydrogens (primary N) is 1. The second-order valence-corrected chi connectivity index (χ2v) is 6.10. The van der Waals surface area contributed by atoms with Gasteiger partial charge in [0.2, 0.25) is 5.91 Å². The van der Waals surface area contributed by atoms with Gasteiger partial charge in [0.25, 0.3) is 0 Å². The molecule has 3 nitrogen and oxygen atoms in total. The fourth-order valence-corrected chi connectivity index (χ4v) is 3.01. The van der Waals surface area contributed by atoms with Crippen LogP contribution in [0, 0.1) is 6.92 Å². The molecule has 0 bridgehead atoms. The van der Waals surface area contributed by atoms with Crippen molar-refractivity contribution < 1.29 is 4.79 Å². The predicted molar refractivity (Wildman–Crippen MR) is 82.8 cm³/mol. The van der Waals surface area contributed by atoms with Crippen molar-refractivity contribution >= 4 is 23.4 Å². The molecule has 2 N–H and O–H groups in total. The van der Waals surface area contributed by atoms with E-state index in [-0.39, 0.29) is 11.9 Å². The highest BCUT2D eigenvalue weighted by Gasteiger charge is 2.26. The van der Waals surface area contributed by atoms with E-state index in [0.29, 0.717) is 0 Å². The second-order valence-electron chi connectivity index (χ2n) is 5.11. The number of rotatable bonds is 4. The van der Waals surface area contributed by atoms with E-state index in [4.69, 9.17) is 5.73 Å². The molecule has 19 heavy (non-hydrogen) atoms. The number of aryl methyl sites for hydroxylation is 2. The Kier molecular flexibility index (Phi) is 4.88. The zero-order valence-corrected chi connectivity index (χ0v) is 12.5. The Hall–Kier alpha value is -1.00. The Balaban J connectivity index is 2.16. The number of anilines is 1. The highest BCUT2D eigenvalue weighted by atomic mass is 32.2. The van der Waals surface area contributed by atoms with Gasteiger partial charge in [0.1, 0.15) is 0 Å². The van der Waals surface area contributed by atoms with Crippen LogP contribution in [0.25, 0.3) is 0 Å². The lowest BCUT2D eigenvalue weighted by Gasteiger charge is -2.31. The third-order valence-corrected chi connectivity index (χ3v) is 4.21. The van der Waals surface area contributed by atoms with Gasteiger partial charge in [-0.1, -0.05) is 17.7 Å². The standard InChI is InChI=1S/C15H22N2OS/c1-11-5-6-14-12(10-11)4-3-8-17(14)15(18)13(16)7-9-19-2/h5-6,10,13H,3-4,7-9,16H2,1-2H3/t13-/m0/s1. The Morgan fingerprint density at radius 3 is 3.05 bits per heavy atom. The molecule has 0 aliphatic carbocycles. The summed E-state index contributed by atoms with van der Waals surface area (Å²) in [7, 11) is 0. The molecular weight excluding hydrogens is 256 g/mol. The van der Waals surface area contributed by atoms with Gasteiger partial charge in [-0.15, -0.1) is 0 Å². The monoisotopic (exact) mass is 278 g/mol. The SMILES string of the molecule is CSCC[C@H](N)C(=O)N1CCCc2cc(C)ccc21. The third kappa shape index (κ3) is 3.31. The van der Waals surface area contributed by atoms with E-state index in [0.717, 1.165) is 37.2 Å². The van der Waals surface area contributed by atoms with Gasteiger partial charge in [-0.05, 0) is 49.8 Å².